The molecule has 0 spiro atoms. The van der Waals surface area contributed by atoms with Gasteiger partial charge in [0.15, 0.2) is 17.5 Å². The molecule has 2 fully saturated rings. The van der Waals surface area contributed by atoms with E-state index in [2.05, 4.69) is 5.32 Å². The van der Waals surface area contributed by atoms with Crippen molar-refractivity contribution in [1.82, 2.24) is 10.2 Å². The zero-order valence-electron chi connectivity index (χ0n) is 10.5. The summed E-state index contributed by atoms with van der Waals surface area (Å²) in [7, 11) is 0. The van der Waals surface area contributed by atoms with Gasteiger partial charge in [-0.3, -0.25) is 4.79 Å². The molecule has 0 unspecified atom stereocenters. The molecule has 1 aromatic carbocycles. The molecule has 1 amide bonds. The number of nitrogens with one attached hydrogen (secondary N) is 1. The van der Waals surface area contributed by atoms with Crippen LogP contribution in [0.1, 0.15) is 10.4 Å². The largest absolute Gasteiger partial charge is 0.338 e. The van der Waals surface area contributed by atoms with E-state index >= 15 is 0 Å². The number of rotatable bonds is 1. The number of fused-ring (bicyclic) bond motifs is 1. The lowest BCUT2D eigenvalue weighted by Gasteiger charge is -2.17. The monoisotopic (exact) mass is 306 g/mol. The van der Waals surface area contributed by atoms with Crippen LogP contribution in [0.3, 0.4) is 0 Å². The Balaban J connectivity index is 0.00000147. The van der Waals surface area contributed by atoms with Crippen molar-refractivity contribution in [3.05, 3.63) is 35.1 Å². The molecule has 0 bridgehead atoms. The highest BCUT2D eigenvalue weighted by atomic mass is 35.5. The van der Waals surface area contributed by atoms with E-state index in [1.807, 2.05) is 0 Å². The van der Waals surface area contributed by atoms with Crippen LogP contribution in [0, 0.1) is 29.3 Å². The predicted octanol–water partition coefficient (Wildman–Crippen LogP) is 1.82. The Morgan fingerprint density at radius 3 is 2.10 bits per heavy atom. The molecule has 0 aliphatic carbocycles. The highest BCUT2D eigenvalue weighted by molar-refractivity contribution is 5.94. The highest BCUT2D eigenvalue weighted by Crippen LogP contribution is 2.27. The Kier molecular flexibility index (Phi) is 4.25. The van der Waals surface area contributed by atoms with Crippen LogP contribution in [-0.2, 0) is 0 Å². The van der Waals surface area contributed by atoms with Gasteiger partial charge in [0, 0.05) is 31.7 Å². The lowest BCUT2D eigenvalue weighted by molar-refractivity contribution is 0.0780. The summed E-state index contributed by atoms with van der Waals surface area (Å²) in [6.07, 6.45) is 0. The Morgan fingerprint density at radius 2 is 1.60 bits per heavy atom. The quantitative estimate of drug-likeness (QED) is 0.803. The molecule has 2 heterocycles. The van der Waals surface area contributed by atoms with Crippen LogP contribution in [0.15, 0.2) is 12.1 Å². The molecule has 3 rings (SSSR count). The van der Waals surface area contributed by atoms with Crippen molar-refractivity contribution in [1.29, 1.82) is 0 Å². The van der Waals surface area contributed by atoms with Crippen molar-refractivity contribution in [2.75, 3.05) is 26.2 Å². The van der Waals surface area contributed by atoms with Crippen LogP contribution < -0.4 is 5.32 Å². The molecule has 2 atom stereocenters. The second kappa shape index (κ2) is 5.61. The van der Waals surface area contributed by atoms with E-state index in [1.165, 1.54) is 0 Å². The number of benzene rings is 1. The summed E-state index contributed by atoms with van der Waals surface area (Å²) in [4.78, 5) is 13.7. The minimum atomic E-state index is -1.54. The number of nitrogens with zero attached hydrogens (tertiary/aromatic N) is 1. The van der Waals surface area contributed by atoms with Crippen LogP contribution in [0.25, 0.3) is 0 Å². The van der Waals surface area contributed by atoms with Crippen molar-refractivity contribution in [2.24, 2.45) is 11.8 Å². The van der Waals surface area contributed by atoms with E-state index < -0.39 is 23.4 Å². The van der Waals surface area contributed by atoms with E-state index in [9.17, 15) is 18.0 Å². The number of carbonyl (C=O) groups excluding carboxylic acids is 1. The first-order valence-electron chi connectivity index (χ1n) is 6.21. The fourth-order valence-electron chi connectivity index (χ4n) is 2.88. The summed E-state index contributed by atoms with van der Waals surface area (Å²) in [6.45, 7) is 2.88. The number of hydrogen-bond acceptors (Lipinski definition) is 2. The van der Waals surface area contributed by atoms with Gasteiger partial charge >= 0.3 is 0 Å². The maximum atomic E-state index is 13.1. The van der Waals surface area contributed by atoms with Gasteiger partial charge in [-0.1, -0.05) is 0 Å². The van der Waals surface area contributed by atoms with E-state index in [0.29, 0.717) is 24.9 Å². The van der Waals surface area contributed by atoms with Gasteiger partial charge in [-0.05, 0) is 24.0 Å². The zero-order chi connectivity index (χ0) is 13.6. The second-order valence-electron chi connectivity index (χ2n) is 5.14. The van der Waals surface area contributed by atoms with Crippen LogP contribution in [0.2, 0.25) is 0 Å². The fraction of sp³-hybridized carbons (Fsp3) is 0.462. The Morgan fingerprint density at radius 1 is 1.10 bits per heavy atom. The summed E-state index contributed by atoms with van der Waals surface area (Å²) in [5.41, 5.74) is -0.135. The van der Waals surface area contributed by atoms with Gasteiger partial charge in [0.25, 0.3) is 5.91 Å². The Bertz CT molecular complexity index is 505. The highest BCUT2D eigenvalue weighted by Gasteiger charge is 2.38. The first-order valence-corrected chi connectivity index (χ1v) is 6.21. The van der Waals surface area contributed by atoms with Gasteiger partial charge in [-0.2, -0.15) is 0 Å². The van der Waals surface area contributed by atoms with E-state index in [1.54, 1.807) is 4.90 Å². The number of carbonyl (C=O) groups is 1. The average Bonchev–Trinajstić information content (AvgIpc) is 2.94. The van der Waals surface area contributed by atoms with Gasteiger partial charge in [0.05, 0.1) is 0 Å². The third kappa shape index (κ3) is 2.50. The minimum absolute atomic E-state index is 0. The van der Waals surface area contributed by atoms with Gasteiger partial charge in [0.2, 0.25) is 0 Å². The molecular weight excluding hydrogens is 293 g/mol. The van der Waals surface area contributed by atoms with Crippen molar-refractivity contribution >= 4 is 18.3 Å². The zero-order valence-corrected chi connectivity index (χ0v) is 11.4. The normalized spacial score (nSPS) is 24.4. The molecule has 1 N–H and O–H groups in total. The molecule has 2 aliphatic heterocycles. The topological polar surface area (TPSA) is 32.3 Å². The maximum Gasteiger partial charge on any atom is 0.254 e. The van der Waals surface area contributed by atoms with Crippen LogP contribution in [0.4, 0.5) is 13.2 Å². The van der Waals surface area contributed by atoms with Crippen LogP contribution in [-0.4, -0.2) is 37.0 Å². The minimum Gasteiger partial charge on any atom is -0.338 e. The number of amides is 1. The summed E-state index contributed by atoms with van der Waals surface area (Å²) in [5, 5.41) is 3.24. The molecule has 0 radical (unpaired) electrons. The third-order valence-electron chi connectivity index (χ3n) is 3.91. The molecular formula is C13H14ClF3N2O. The number of likely N-dealkylation sites (tertiary alicyclic amines) is 1. The molecule has 2 saturated heterocycles. The third-order valence-corrected chi connectivity index (χ3v) is 3.91. The average molecular weight is 307 g/mol. The SMILES string of the molecule is Cl.O=C(c1cc(F)c(F)c(F)c1)N1C[C@H]2CNC[C@H]2C1. The molecule has 20 heavy (non-hydrogen) atoms. The summed E-state index contributed by atoms with van der Waals surface area (Å²) in [5.74, 6) is -3.83. The fourth-order valence-corrected chi connectivity index (χ4v) is 2.88. The molecule has 2 aliphatic rings. The predicted molar refractivity (Wildman–Crippen MR) is 69.3 cm³/mol. The van der Waals surface area contributed by atoms with Crippen molar-refractivity contribution in [3.8, 4) is 0 Å². The lowest BCUT2D eigenvalue weighted by atomic mass is 10.0. The van der Waals surface area contributed by atoms with Gasteiger partial charge in [-0.25, -0.2) is 13.2 Å². The van der Waals surface area contributed by atoms with Crippen molar-refractivity contribution in [3.63, 3.8) is 0 Å². The van der Waals surface area contributed by atoms with E-state index in [-0.39, 0.29) is 18.0 Å². The standard InChI is InChI=1S/C13H13F3N2O.ClH/c14-10-1-7(2-11(15)12(10)16)13(19)18-5-8-3-17-4-9(8)6-18;/h1-2,8-9,17H,3-6H2;1H/t8-,9+;. The first-order chi connectivity index (χ1) is 9.06. The Labute approximate surface area is 120 Å². The lowest BCUT2D eigenvalue weighted by Crippen LogP contribution is -2.32. The maximum absolute atomic E-state index is 13.1. The van der Waals surface area contributed by atoms with Crippen molar-refractivity contribution < 1.29 is 18.0 Å². The smallest absolute Gasteiger partial charge is 0.254 e. The van der Waals surface area contributed by atoms with Gasteiger partial charge < -0.3 is 10.2 Å². The van der Waals surface area contributed by atoms with Crippen molar-refractivity contribution in [2.45, 2.75) is 0 Å². The van der Waals surface area contributed by atoms with Gasteiger partial charge in [-0.15, -0.1) is 12.4 Å². The van der Waals surface area contributed by atoms with Gasteiger partial charge in [0.1, 0.15) is 0 Å². The van der Waals surface area contributed by atoms with E-state index in [0.717, 1.165) is 25.2 Å². The first kappa shape index (κ1) is 15.1. The second-order valence-corrected chi connectivity index (χ2v) is 5.14. The molecule has 110 valence electrons. The number of hydrogen-bond donors (Lipinski definition) is 1. The summed E-state index contributed by atoms with van der Waals surface area (Å²) < 4.78 is 39.1. The molecule has 0 saturated carbocycles. The molecule has 7 heteroatoms. The van der Waals surface area contributed by atoms with Crippen LogP contribution in [0.5, 0.6) is 0 Å². The molecule has 0 aromatic heterocycles. The van der Waals surface area contributed by atoms with E-state index in [4.69, 9.17) is 0 Å². The summed E-state index contributed by atoms with van der Waals surface area (Å²) >= 11 is 0. The number of halogens is 4. The summed E-state index contributed by atoms with van der Waals surface area (Å²) in [6, 6.07) is 1.51. The molecule has 1 aromatic rings. The van der Waals surface area contributed by atoms with Crippen LogP contribution >= 0.6 is 12.4 Å². The Hall–Kier alpha value is -1.27. The molecule has 3 nitrogen and oxygen atoms in total.